The Bertz CT molecular complexity index is 337. The minimum absolute atomic E-state index is 0.148. The highest BCUT2D eigenvalue weighted by Gasteiger charge is 2.16. The maximum Gasteiger partial charge on any atom is 0.217 e. The van der Waals surface area contributed by atoms with Crippen LogP contribution in [0.3, 0.4) is 0 Å². The van der Waals surface area contributed by atoms with Gasteiger partial charge in [-0.05, 0) is 17.7 Å². The summed E-state index contributed by atoms with van der Waals surface area (Å²) < 4.78 is 9.69. The van der Waals surface area contributed by atoms with E-state index in [2.05, 4.69) is 4.98 Å². The first kappa shape index (κ1) is 11.6. The fourth-order valence-corrected chi connectivity index (χ4v) is 1.25. The molecule has 82 valence electrons. The second-order valence-electron chi connectivity index (χ2n) is 3.04. The lowest BCUT2D eigenvalue weighted by atomic mass is 10.1. The number of hydrogen-bond acceptors (Lipinski definition) is 5. The van der Waals surface area contributed by atoms with Crippen molar-refractivity contribution in [1.82, 2.24) is 4.98 Å². The quantitative estimate of drug-likeness (QED) is 0.712. The Morgan fingerprint density at radius 3 is 2.73 bits per heavy atom. The topological polar surface area (TPSA) is 74.4 Å². The molecule has 0 bridgehead atoms. The second-order valence-corrected chi connectivity index (χ2v) is 3.04. The van der Waals surface area contributed by atoms with E-state index in [9.17, 15) is 4.79 Å². The minimum atomic E-state index is -0.820. The van der Waals surface area contributed by atoms with E-state index in [1.54, 1.807) is 18.3 Å². The average molecular weight is 210 g/mol. The van der Waals surface area contributed by atoms with Gasteiger partial charge in [0.2, 0.25) is 6.29 Å². The Labute approximate surface area is 88.2 Å². The van der Waals surface area contributed by atoms with Crippen LogP contribution in [-0.4, -0.2) is 31.3 Å². The lowest BCUT2D eigenvalue weighted by Crippen LogP contribution is -2.26. The van der Waals surface area contributed by atoms with E-state index >= 15 is 0 Å². The summed E-state index contributed by atoms with van der Waals surface area (Å²) in [5.74, 6) is 0.247. The van der Waals surface area contributed by atoms with Crippen LogP contribution < -0.4 is 5.73 Å². The normalized spacial score (nSPS) is 10.6. The monoisotopic (exact) mass is 210 g/mol. The van der Waals surface area contributed by atoms with E-state index in [0.717, 1.165) is 5.56 Å². The van der Waals surface area contributed by atoms with E-state index in [1.165, 1.54) is 14.2 Å². The number of nitrogens with two attached hydrogens (primary N) is 1. The smallest absolute Gasteiger partial charge is 0.217 e. The third-order valence-corrected chi connectivity index (χ3v) is 1.91. The molecular formula is C10H14N2O3. The number of carbonyl (C=O) groups is 1. The van der Waals surface area contributed by atoms with Gasteiger partial charge in [-0.15, -0.1) is 0 Å². The SMILES string of the molecule is COC(OC)C(=O)Cc1ccnc(N)c1. The zero-order chi connectivity index (χ0) is 11.3. The van der Waals surface area contributed by atoms with Crippen LogP contribution >= 0.6 is 0 Å². The molecule has 0 saturated heterocycles. The van der Waals surface area contributed by atoms with Crippen LogP contribution in [-0.2, 0) is 20.7 Å². The largest absolute Gasteiger partial charge is 0.384 e. The van der Waals surface area contributed by atoms with Crippen molar-refractivity contribution in [3.8, 4) is 0 Å². The molecule has 0 amide bonds. The number of ketones is 1. The fraction of sp³-hybridized carbons (Fsp3) is 0.400. The molecule has 0 spiro atoms. The molecule has 15 heavy (non-hydrogen) atoms. The van der Waals surface area contributed by atoms with Gasteiger partial charge in [0.05, 0.1) is 0 Å². The summed E-state index contributed by atoms with van der Waals surface area (Å²) in [6.45, 7) is 0. The van der Waals surface area contributed by atoms with Crippen molar-refractivity contribution in [3.63, 3.8) is 0 Å². The van der Waals surface area contributed by atoms with E-state index in [4.69, 9.17) is 15.2 Å². The van der Waals surface area contributed by atoms with Crippen molar-refractivity contribution in [1.29, 1.82) is 0 Å². The van der Waals surface area contributed by atoms with Gasteiger partial charge in [-0.1, -0.05) is 0 Å². The number of anilines is 1. The molecule has 0 aromatic carbocycles. The number of methoxy groups -OCH3 is 2. The summed E-state index contributed by atoms with van der Waals surface area (Å²) in [5.41, 5.74) is 6.29. The minimum Gasteiger partial charge on any atom is -0.384 e. The number of aromatic nitrogens is 1. The first-order valence-corrected chi connectivity index (χ1v) is 4.46. The highest BCUT2D eigenvalue weighted by molar-refractivity contribution is 5.84. The van der Waals surface area contributed by atoms with Crippen LogP contribution in [0, 0.1) is 0 Å². The maximum absolute atomic E-state index is 11.6. The van der Waals surface area contributed by atoms with Crippen LogP contribution in [0.15, 0.2) is 18.3 Å². The van der Waals surface area contributed by atoms with Crippen LogP contribution in [0.4, 0.5) is 5.82 Å². The molecule has 0 fully saturated rings. The summed E-state index contributed by atoms with van der Waals surface area (Å²) >= 11 is 0. The van der Waals surface area contributed by atoms with E-state index in [-0.39, 0.29) is 12.2 Å². The zero-order valence-electron chi connectivity index (χ0n) is 8.77. The number of nitrogens with zero attached hydrogens (tertiary/aromatic N) is 1. The van der Waals surface area contributed by atoms with Gasteiger partial charge in [0.15, 0.2) is 5.78 Å². The number of ether oxygens (including phenoxy) is 2. The van der Waals surface area contributed by atoms with E-state index in [1.807, 2.05) is 0 Å². The molecule has 0 aliphatic heterocycles. The second kappa shape index (κ2) is 5.43. The molecule has 0 unspecified atom stereocenters. The third-order valence-electron chi connectivity index (χ3n) is 1.91. The first-order valence-electron chi connectivity index (χ1n) is 4.46. The van der Waals surface area contributed by atoms with Gasteiger partial charge < -0.3 is 15.2 Å². The standard InChI is InChI=1S/C10H14N2O3/c1-14-10(15-2)8(13)5-7-3-4-12-9(11)6-7/h3-4,6,10H,5H2,1-2H3,(H2,11,12). The molecule has 1 heterocycles. The molecule has 0 aliphatic rings. The maximum atomic E-state index is 11.6. The number of hydrogen-bond donors (Lipinski definition) is 1. The molecule has 1 rings (SSSR count). The van der Waals surface area contributed by atoms with Crippen molar-refractivity contribution in [2.45, 2.75) is 12.7 Å². The summed E-state index contributed by atoms with van der Waals surface area (Å²) in [6, 6.07) is 3.39. The number of pyridine rings is 1. The molecule has 5 heteroatoms. The Balaban J connectivity index is 2.65. The molecule has 0 atom stereocenters. The van der Waals surface area contributed by atoms with Gasteiger partial charge in [-0.2, -0.15) is 0 Å². The van der Waals surface area contributed by atoms with Crippen molar-refractivity contribution < 1.29 is 14.3 Å². The van der Waals surface area contributed by atoms with Crippen molar-refractivity contribution in [3.05, 3.63) is 23.9 Å². The first-order chi connectivity index (χ1) is 7.17. The van der Waals surface area contributed by atoms with Gasteiger partial charge in [-0.3, -0.25) is 4.79 Å². The fourth-order valence-electron chi connectivity index (χ4n) is 1.25. The van der Waals surface area contributed by atoms with E-state index in [0.29, 0.717) is 5.82 Å². The van der Waals surface area contributed by atoms with Crippen LogP contribution in [0.2, 0.25) is 0 Å². The lowest BCUT2D eigenvalue weighted by Gasteiger charge is -2.11. The zero-order valence-corrected chi connectivity index (χ0v) is 8.77. The Morgan fingerprint density at radius 2 is 2.20 bits per heavy atom. The summed E-state index contributed by atoms with van der Waals surface area (Å²) in [6.07, 6.45) is 0.963. The van der Waals surface area contributed by atoms with Crippen LogP contribution in [0.5, 0.6) is 0 Å². The highest BCUT2D eigenvalue weighted by atomic mass is 16.7. The summed E-state index contributed by atoms with van der Waals surface area (Å²) in [7, 11) is 2.85. The Kier molecular flexibility index (Phi) is 4.20. The highest BCUT2D eigenvalue weighted by Crippen LogP contribution is 2.06. The third kappa shape index (κ3) is 3.30. The predicted molar refractivity (Wildman–Crippen MR) is 55.2 cm³/mol. The molecule has 2 N–H and O–H groups in total. The Morgan fingerprint density at radius 1 is 1.53 bits per heavy atom. The molecule has 0 saturated carbocycles. The van der Waals surface area contributed by atoms with Crippen molar-refractivity contribution in [2.24, 2.45) is 0 Å². The van der Waals surface area contributed by atoms with E-state index < -0.39 is 6.29 Å². The molecule has 0 aliphatic carbocycles. The van der Waals surface area contributed by atoms with Crippen molar-refractivity contribution in [2.75, 3.05) is 20.0 Å². The van der Waals surface area contributed by atoms with Gasteiger partial charge in [-0.25, -0.2) is 4.98 Å². The summed E-state index contributed by atoms with van der Waals surface area (Å²) in [4.78, 5) is 15.4. The molecule has 0 radical (unpaired) electrons. The number of Topliss-reactive ketones (excluding diaryl/α,β-unsaturated/α-hetero) is 1. The molecule has 1 aromatic heterocycles. The number of nitrogen functional groups attached to an aromatic ring is 1. The average Bonchev–Trinajstić information content (AvgIpc) is 2.19. The molecular weight excluding hydrogens is 196 g/mol. The molecule has 5 nitrogen and oxygen atoms in total. The van der Waals surface area contributed by atoms with Gasteiger partial charge in [0.1, 0.15) is 5.82 Å². The predicted octanol–water partition coefficient (Wildman–Crippen LogP) is 0.394. The van der Waals surface area contributed by atoms with Gasteiger partial charge in [0, 0.05) is 26.8 Å². The molecule has 1 aromatic rings. The number of carbonyl (C=O) groups excluding carboxylic acids is 1. The lowest BCUT2D eigenvalue weighted by molar-refractivity contribution is -0.155. The van der Waals surface area contributed by atoms with Crippen LogP contribution in [0.25, 0.3) is 0 Å². The van der Waals surface area contributed by atoms with Gasteiger partial charge >= 0.3 is 0 Å². The van der Waals surface area contributed by atoms with Crippen LogP contribution in [0.1, 0.15) is 5.56 Å². The Hall–Kier alpha value is -1.46. The number of rotatable bonds is 5. The van der Waals surface area contributed by atoms with Crippen molar-refractivity contribution >= 4 is 11.6 Å². The summed E-state index contributed by atoms with van der Waals surface area (Å²) in [5, 5.41) is 0. The van der Waals surface area contributed by atoms with Gasteiger partial charge in [0.25, 0.3) is 0 Å².